The number of aromatic nitrogens is 2. The predicted molar refractivity (Wildman–Crippen MR) is 64.0 cm³/mol. The number of hydrogen-bond donors (Lipinski definition) is 0. The van der Waals surface area contributed by atoms with Crippen molar-refractivity contribution in [2.45, 2.75) is 24.8 Å². The Balaban J connectivity index is 2.07. The number of nitrogens with zero attached hydrogens (tertiary/aromatic N) is 3. The van der Waals surface area contributed by atoms with E-state index in [4.69, 9.17) is 16.3 Å². The van der Waals surface area contributed by atoms with Crippen LogP contribution in [0.4, 0.5) is 5.95 Å². The van der Waals surface area contributed by atoms with E-state index in [1.165, 1.54) is 0 Å². The fourth-order valence-corrected chi connectivity index (χ4v) is 2.31. The molecule has 0 radical (unpaired) electrons. The van der Waals surface area contributed by atoms with Crippen LogP contribution in [-0.4, -0.2) is 41.6 Å². The van der Waals surface area contributed by atoms with E-state index in [0.29, 0.717) is 0 Å². The summed E-state index contributed by atoms with van der Waals surface area (Å²) in [7, 11) is 1.71. The van der Waals surface area contributed by atoms with Crippen molar-refractivity contribution in [2.24, 2.45) is 0 Å². The van der Waals surface area contributed by atoms with E-state index in [2.05, 4.69) is 14.9 Å². The highest BCUT2D eigenvalue weighted by molar-refractivity contribution is 6.21. The van der Waals surface area contributed by atoms with E-state index < -0.39 is 0 Å². The van der Waals surface area contributed by atoms with Crippen LogP contribution in [0, 0.1) is 6.92 Å². The molecule has 4 nitrogen and oxygen atoms in total. The van der Waals surface area contributed by atoms with Crippen molar-refractivity contribution >= 4 is 17.5 Å². The van der Waals surface area contributed by atoms with Gasteiger partial charge in [0.2, 0.25) is 5.95 Å². The zero-order chi connectivity index (χ0) is 11.5. The van der Waals surface area contributed by atoms with Crippen LogP contribution in [0.1, 0.15) is 12.1 Å². The molecule has 0 N–H and O–H groups in total. The molecule has 2 heterocycles. The largest absolute Gasteiger partial charge is 0.380 e. The van der Waals surface area contributed by atoms with Gasteiger partial charge in [-0.25, -0.2) is 9.97 Å². The van der Waals surface area contributed by atoms with Gasteiger partial charge in [0.25, 0.3) is 0 Å². The number of rotatable bonds is 2. The van der Waals surface area contributed by atoms with Gasteiger partial charge in [0.05, 0.1) is 11.5 Å². The molecule has 1 aliphatic heterocycles. The van der Waals surface area contributed by atoms with E-state index in [1.54, 1.807) is 13.3 Å². The third-order valence-electron chi connectivity index (χ3n) is 2.85. The molecule has 1 saturated heterocycles. The highest BCUT2D eigenvalue weighted by Crippen LogP contribution is 2.21. The molecule has 0 bridgehead atoms. The molecule has 1 aromatic rings. The van der Waals surface area contributed by atoms with Gasteiger partial charge in [-0.2, -0.15) is 0 Å². The summed E-state index contributed by atoms with van der Waals surface area (Å²) in [6, 6.07) is 1.89. The Kier molecular flexibility index (Phi) is 3.61. The lowest BCUT2D eigenvalue weighted by Gasteiger charge is -2.34. The van der Waals surface area contributed by atoms with E-state index in [-0.39, 0.29) is 11.5 Å². The second-order valence-electron chi connectivity index (χ2n) is 4.02. The molecular formula is C11H16ClN3O. The fraction of sp³-hybridized carbons (Fsp3) is 0.636. The van der Waals surface area contributed by atoms with Crippen molar-refractivity contribution < 1.29 is 4.74 Å². The van der Waals surface area contributed by atoms with Crippen LogP contribution in [0.3, 0.4) is 0 Å². The maximum atomic E-state index is 6.24. The van der Waals surface area contributed by atoms with Crippen molar-refractivity contribution in [3.8, 4) is 0 Å². The van der Waals surface area contributed by atoms with E-state index >= 15 is 0 Å². The van der Waals surface area contributed by atoms with Crippen molar-refractivity contribution in [1.82, 2.24) is 9.97 Å². The van der Waals surface area contributed by atoms with Crippen LogP contribution >= 0.6 is 11.6 Å². The van der Waals surface area contributed by atoms with Crippen LogP contribution in [0.15, 0.2) is 12.3 Å². The van der Waals surface area contributed by atoms with Gasteiger partial charge in [0.15, 0.2) is 0 Å². The molecule has 88 valence electrons. The van der Waals surface area contributed by atoms with Gasteiger partial charge in [0, 0.05) is 32.1 Å². The standard InChI is InChI=1S/C11H16ClN3O/c1-8-3-5-13-11(14-8)15-6-4-10(16-2)9(12)7-15/h3,5,9-10H,4,6-7H2,1-2H3. The predicted octanol–water partition coefficient (Wildman–Crippen LogP) is 1.62. The number of methoxy groups -OCH3 is 1. The van der Waals surface area contributed by atoms with E-state index in [9.17, 15) is 0 Å². The minimum atomic E-state index is 0.00265. The van der Waals surface area contributed by atoms with Crippen molar-refractivity contribution in [3.63, 3.8) is 0 Å². The summed E-state index contributed by atoms with van der Waals surface area (Å²) in [4.78, 5) is 10.8. The van der Waals surface area contributed by atoms with E-state index in [1.807, 2.05) is 13.0 Å². The topological polar surface area (TPSA) is 38.2 Å². The average molecular weight is 242 g/mol. The van der Waals surface area contributed by atoms with Gasteiger partial charge in [-0.05, 0) is 19.4 Å². The Bertz CT molecular complexity index is 361. The Labute approximate surface area is 101 Å². The summed E-state index contributed by atoms with van der Waals surface area (Å²) in [6.07, 6.45) is 2.84. The highest BCUT2D eigenvalue weighted by Gasteiger charge is 2.28. The maximum Gasteiger partial charge on any atom is 0.225 e. The third kappa shape index (κ3) is 2.44. The summed E-state index contributed by atoms with van der Waals surface area (Å²) in [5.41, 5.74) is 0.977. The van der Waals surface area contributed by atoms with Gasteiger partial charge < -0.3 is 9.64 Å². The summed E-state index contributed by atoms with van der Waals surface area (Å²) in [6.45, 7) is 3.60. The molecular weight excluding hydrogens is 226 g/mol. The lowest BCUT2D eigenvalue weighted by molar-refractivity contribution is 0.0848. The zero-order valence-electron chi connectivity index (χ0n) is 9.56. The number of halogens is 1. The molecule has 0 spiro atoms. The van der Waals surface area contributed by atoms with Crippen LogP contribution in [0.2, 0.25) is 0 Å². The summed E-state index contributed by atoms with van der Waals surface area (Å²) >= 11 is 6.24. The van der Waals surface area contributed by atoms with Crippen LogP contribution in [0.25, 0.3) is 0 Å². The van der Waals surface area contributed by atoms with E-state index in [0.717, 1.165) is 31.2 Å². The lowest BCUT2D eigenvalue weighted by Crippen LogP contribution is -2.45. The Morgan fingerprint density at radius 1 is 1.56 bits per heavy atom. The Hall–Kier alpha value is -0.870. The van der Waals surface area contributed by atoms with Crippen LogP contribution in [0.5, 0.6) is 0 Å². The number of hydrogen-bond acceptors (Lipinski definition) is 4. The molecule has 5 heteroatoms. The first kappa shape index (κ1) is 11.6. The summed E-state index contributed by atoms with van der Waals surface area (Å²) in [5.74, 6) is 0.764. The molecule has 2 rings (SSSR count). The number of piperidine rings is 1. The first-order valence-corrected chi connectivity index (χ1v) is 5.86. The number of alkyl halides is 1. The Morgan fingerprint density at radius 2 is 2.38 bits per heavy atom. The Morgan fingerprint density at radius 3 is 3.00 bits per heavy atom. The first-order chi connectivity index (χ1) is 7.70. The fourth-order valence-electron chi connectivity index (χ4n) is 1.92. The molecule has 1 aromatic heterocycles. The number of aryl methyl sites for hydroxylation is 1. The normalized spacial score (nSPS) is 25.8. The lowest BCUT2D eigenvalue weighted by atomic mass is 10.1. The molecule has 2 atom stereocenters. The van der Waals surface area contributed by atoms with Crippen molar-refractivity contribution in [1.29, 1.82) is 0 Å². The molecule has 0 amide bonds. The molecule has 1 aliphatic rings. The second kappa shape index (κ2) is 4.97. The van der Waals surface area contributed by atoms with Gasteiger partial charge >= 0.3 is 0 Å². The number of ether oxygens (including phenoxy) is 1. The molecule has 1 fully saturated rings. The molecule has 0 saturated carbocycles. The van der Waals surface area contributed by atoms with Gasteiger partial charge in [-0.3, -0.25) is 0 Å². The first-order valence-electron chi connectivity index (χ1n) is 5.42. The minimum absolute atomic E-state index is 0.00265. The maximum absolute atomic E-state index is 6.24. The second-order valence-corrected chi connectivity index (χ2v) is 4.58. The molecule has 2 unspecified atom stereocenters. The average Bonchev–Trinajstić information content (AvgIpc) is 2.29. The van der Waals surface area contributed by atoms with Gasteiger partial charge in [0.1, 0.15) is 0 Å². The molecule has 0 aromatic carbocycles. The third-order valence-corrected chi connectivity index (χ3v) is 3.27. The minimum Gasteiger partial charge on any atom is -0.380 e. The van der Waals surface area contributed by atoms with Crippen LogP contribution in [-0.2, 0) is 4.74 Å². The smallest absolute Gasteiger partial charge is 0.225 e. The van der Waals surface area contributed by atoms with Gasteiger partial charge in [-0.1, -0.05) is 0 Å². The SMILES string of the molecule is COC1CCN(c2nccc(C)n2)CC1Cl. The summed E-state index contributed by atoms with van der Waals surface area (Å²) < 4.78 is 5.31. The zero-order valence-corrected chi connectivity index (χ0v) is 10.3. The van der Waals surface area contributed by atoms with Crippen molar-refractivity contribution in [2.75, 3.05) is 25.1 Å². The summed E-state index contributed by atoms with van der Waals surface area (Å²) in [5, 5.41) is 0.00265. The highest BCUT2D eigenvalue weighted by atomic mass is 35.5. The number of anilines is 1. The van der Waals surface area contributed by atoms with Crippen molar-refractivity contribution in [3.05, 3.63) is 18.0 Å². The molecule has 16 heavy (non-hydrogen) atoms. The quantitative estimate of drug-likeness (QED) is 0.738. The van der Waals surface area contributed by atoms with Gasteiger partial charge in [-0.15, -0.1) is 11.6 Å². The molecule has 0 aliphatic carbocycles. The monoisotopic (exact) mass is 241 g/mol. The van der Waals surface area contributed by atoms with Crippen LogP contribution < -0.4 is 4.90 Å².